The molecule has 1 aliphatic heterocycles. The fraction of sp³-hybridized carbons (Fsp3) is 0.737. The SMILES string of the molecule is C=C[C@@H]1C[C@]1(NC(=O)[C@@H]1C[C@@H](C)CN1C(=O)OC(C)(C)C)C(=O)OCC. The molecule has 0 radical (unpaired) electrons. The molecule has 1 saturated carbocycles. The first-order valence-corrected chi connectivity index (χ1v) is 9.15. The van der Waals surface area contributed by atoms with Crippen molar-refractivity contribution in [1.82, 2.24) is 10.2 Å². The summed E-state index contributed by atoms with van der Waals surface area (Å²) >= 11 is 0. The molecule has 1 saturated heterocycles. The van der Waals surface area contributed by atoms with E-state index in [1.807, 2.05) is 6.92 Å². The summed E-state index contributed by atoms with van der Waals surface area (Å²) in [5, 5.41) is 2.83. The van der Waals surface area contributed by atoms with E-state index in [1.54, 1.807) is 33.8 Å². The van der Waals surface area contributed by atoms with E-state index in [0.717, 1.165) is 0 Å². The van der Waals surface area contributed by atoms with Gasteiger partial charge in [0.2, 0.25) is 5.91 Å². The predicted octanol–water partition coefficient (Wildman–Crippen LogP) is 2.26. The number of rotatable bonds is 5. The number of nitrogens with zero attached hydrogens (tertiary/aromatic N) is 1. The van der Waals surface area contributed by atoms with Crippen molar-refractivity contribution in [3.63, 3.8) is 0 Å². The summed E-state index contributed by atoms with van der Waals surface area (Å²) in [5.74, 6) is -0.781. The summed E-state index contributed by atoms with van der Waals surface area (Å²) in [5.41, 5.74) is -1.69. The Morgan fingerprint density at radius 1 is 1.35 bits per heavy atom. The molecule has 7 nitrogen and oxygen atoms in total. The highest BCUT2D eigenvalue weighted by atomic mass is 16.6. The zero-order valence-corrected chi connectivity index (χ0v) is 16.3. The molecule has 4 atom stereocenters. The van der Waals surface area contributed by atoms with Crippen LogP contribution in [0.1, 0.15) is 47.5 Å². The first-order valence-electron chi connectivity index (χ1n) is 9.15. The summed E-state index contributed by atoms with van der Waals surface area (Å²) in [6.45, 7) is 13.5. The van der Waals surface area contributed by atoms with Gasteiger partial charge in [0.05, 0.1) is 6.61 Å². The van der Waals surface area contributed by atoms with Crippen LogP contribution < -0.4 is 5.32 Å². The third kappa shape index (κ3) is 4.19. The number of hydrogen-bond acceptors (Lipinski definition) is 5. The van der Waals surface area contributed by atoms with Gasteiger partial charge in [-0.1, -0.05) is 13.0 Å². The van der Waals surface area contributed by atoms with Crippen LogP contribution in [0.25, 0.3) is 0 Å². The van der Waals surface area contributed by atoms with Crippen LogP contribution >= 0.6 is 0 Å². The van der Waals surface area contributed by atoms with Crippen LogP contribution in [0, 0.1) is 11.8 Å². The molecule has 1 heterocycles. The third-order valence-electron chi connectivity index (χ3n) is 4.73. The lowest BCUT2D eigenvalue weighted by Crippen LogP contribution is -2.53. The van der Waals surface area contributed by atoms with Crippen LogP contribution in [-0.4, -0.2) is 53.2 Å². The molecular weight excluding hydrogens is 336 g/mol. The van der Waals surface area contributed by atoms with E-state index in [0.29, 0.717) is 19.4 Å². The van der Waals surface area contributed by atoms with Crippen molar-refractivity contribution >= 4 is 18.0 Å². The van der Waals surface area contributed by atoms with Crippen molar-refractivity contribution in [2.24, 2.45) is 11.8 Å². The molecule has 0 aromatic heterocycles. The summed E-state index contributed by atoms with van der Waals surface area (Å²) in [4.78, 5) is 39.1. The maximum Gasteiger partial charge on any atom is 0.410 e. The van der Waals surface area contributed by atoms with Crippen LogP contribution in [0.3, 0.4) is 0 Å². The van der Waals surface area contributed by atoms with Crippen molar-refractivity contribution in [2.75, 3.05) is 13.2 Å². The summed E-state index contributed by atoms with van der Waals surface area (Å²) in [6.07, 6.45) is 2.14. The van der Waals surface area contributed by atoms with Gasteiger partial charge in [0, 0.05) is 12.5 Å². The number of ether oxygens (including phenoxy) is 2. The van der Waals surface area contributed by atoms with Crippen LogP contribution in [0.4, 0.5) is 4.79 Å². The smallest absolute Gasteiger partial charge is 0.410 e. The molecular formula is C19H30N2O5. The van der Waals surface area contributed by atoms with E-state index < -0.39 is 29.2 Å². The van der Waals surface area contributed by atoms with E-state index in [9.17, 15) is 14.4 Å². The lowest BCUT2D eigenvalue weighted by molar-refractivity contribution is -0.149. The van der Waals surface area contributed by atoms with Crippen molar-refractivity contribution in [2.45, 2.75) is 64.6 Å². The second-order valence-electron chi connectivity index (χ2n) is 8.22. The van der Waals surface area contributed by atoms with Crippen molar-refractivity contribution in [3.05, 3.63) is 12.7 Å². The fourth-order valence-electron chi connectivity index (χ4n) is 3.38. The maximum atomic E-state index is 12.9. The first kappa shape index (κ1) is 20.3. The molecule has 0 aromatic carbocycles. The summed E-state index contributed by atoms with van der Waals surface area (Å²) in [7, 11) is 0. The van der Waals surface area contributed by atoms with Gasteiger partial charge in [-0.25, -0.2) is 9.59 Å². The Morgan fingerprint density at radius 2 is 2.00 bits per heavy atom. The minimum absolute atomic E-state index is 0.153. The highest BCUT2D eigenvalue weighted by molar-refractivity contribution is 5.94. The first-order chi connectivity index (χ1) is 12.0. The van der Waals surface area contributed by atoms with Gasteiger partial charge in [-0.05, 0) is 46.5 Å². The van der Waals surface area contributed by atoms with Gasteiger partial charge in [-0.15, -0.1) is 6.58 Å². The number of amides is 2. The largest absolute Gasteiger partial charge is 0.464 e. The Balaban J connectivity index is 2.12. The van der Waals surface area contributed by atoms with Gasteiger partial charge in [-0.3, -0.25) is 9.69 Å². The fourth-order valence-corrected chi connectivity index (χ4v) is 3.38. The standard InChI is InChI=1S/C19H30N2O5/c1-7-13-10-19(13,16(23)25-8-2)20-15(22)14-9-12(3)11-21(14)17(24)26-18(4,5)6/h7,12-14H,1,8-11H2,2-6H3,(H,20,22)/t12-,13-,14+,19-/m1/s1. The van der Waals surface area contributed by atoms with Gasteiger partial charge < -0.3 is 14.8 Å². The maximum absolute atomic E-state index is 12.9. The monoisotopic (exact) mass is 366 g/mol. The Kier molecular flexibility index (Phi) is 5.68. The minimum atomic E-state index is -1.06. The second kappa shape index (κ2) is 7.29. The second-order valence-corrected chi connectivity index (χ2v) is 8.22. The summed E-state index contributed by atoms with van der Waals surface area (Å²) < 4.78 is 10.5. The van der Waals surface area contributed by atoms with Crippen molar-refractivity contribution < 1.29 is 23.9 Å². The van der Waals surface area contributed by atoms with Crippen molar-refractivity contribution in [1.29, 1.82) is 0 Å². The van der Waals surface area contributed by atoms with Gasteiger partial charge >= 0.3 is 12.1 Å². The highest BCUT2D eigenvalue weighted by Crippen LogP contribution is 2.45. The molecule has 1 N–H and O–H groups in total. The van der Waals surface area contributed by atoms with E-state index in [1.165, 1.54) is 4.90 Å². The number of esters is 1. The highest BCUT2D eigenvalue weighted by Gasteiger charge is 2.61. The normalized spacial score (nSPS) is 30.5. The molecule has 26 heavy (non-hydrogen) atoms. The average Bonchev–Trinajstić information content (AvgIpc) is 3.09. The molecule has 0 bridgehead atoms. The van der Waals surface area contributed by atoms with Crippen LogP contribution in [0.5, 0.6) is 0 Å². The van der Waals surface area contributed by atoms with Crippen LogP contribution in [0.2, 0.25) is 0 Å². The Bertz CT molecular complexity index is 597. The van der Waals surface area contributed by atoms with Crippen LogP contribution in [-0.2, 0) is 19.1 Å². The minimum Gasteiger partial charge on any atom is -0.464 e. The molecule has 1 aliphatic carbocycles. The van der Waals surface area contributed by atoms with E-state index in [-0.39, 0.29) is 24.3 Å². The van der Waals surface area contributed by atoms with Gasteiger partial charge in [-0.2, -0.15) is 0 Å². The van der Waals surface area contributed by atoms with Crippen LogP contribution in [0.15, 0.2) is 12.7 Å². The molecule has 2 amide bonds. The Hall–Kier alpha value is -2.05. The molecule has 146 valence electrons. The molecule has 0 aromatic rings. The summed E-state index contributed by atoms with van der Waals surface area (Å²) in [6, 6.07) is -0.655. The Morgan fingerprint density at radius 3 is 2.50 bits per heavy atom. The number of carbonyl (C=O) groups is 3. The lowest BCUT2D eigenvalue weighted by atomic mass is 10.1. The van der Waals surface area contributed by atoms with E-state index >= 15 is 0 Å². The molecule has 2 rings (SSSR count). The number of nitrogens with one attached hydrogen (secondary N) is 1. The molecule has 2 fully saturated rings. The van der Waals surface area contributed by atoms with Crippen molar-refractivity contribution in [3.8, 4) is 0 Å². The molecule has 0 spiro atoms. The predicted molar refractivity (Wildman–Crippen MR) is 96.3 cm³/mol. The average molecular weight is 366 g/mol. The van der Waals surface area contributed by atoms with Gasteiger partial charge in [0.1, 0.15) is 17.2 Å². The van der Waals surface area contributed by atoms with Gasteiger partial charge in [0.25, 0.3) is 0 Å². The number of hydrogen-bond donors (Lipinski definition) is 1. The molecule has 0 unspecified atom stereocenters. The number of likely N-dealkylation sites (tertiary alicyclic amines) is 1. The zero-order valence-electron chi connectivity index (χ0n) is 16.3. The van der Waals surface area contributed by atoms with E-state index in [2.05, 4.69) is 11.9 Å². The molecule has 2 aliphatic rings. The molecule has 7 heteroatoms. The lowest BCUT2D eigenvalue weighted by Gasteiger charge is -2.29. The van der Waals surface area contributed by atoms with E-state index in [4.69, 9.17) is 9.47 Å². The Labute approximate surface area is 155 Å². The number of carbonyl (C=O) groups excluding carboxylic acids is 3. The van der Waals surface area contributed by atoms with Gasteiger partial charge in [0.15, 0.2) is 0 Å². The zero-order chi connectivity index (χ0) is 19.7. The quantitative estimate of drug-likeness (QED) is 0.596. The third-order valence-corrected chi connectivity index (χ3v) is 4.73. The topological polar surface area (TPSA) is 84.9 Å².